The fourth-order valence-electron chi connectivity index (χ4n) is 4.96. The third-order valence-electron chi connectivity index (χ3n) is 6.51. The van der Waals surface area contributed by atoms with E-state index in [2.05, 4.69) is 0 Å². The third kappa shape index (κ3) is 3.63. The fourth-order valence-corrected chi connectivity index (χ4v) is 6.38. The van der Waals surface area contributed by atoms with Crippen LogP contribution in [-0.2, 0) is 14.8 Å². The van der Waals surface area contributed by atoms with E-state index in [0.717, 1.165) is 19.3 Å². The van der Waals surface area contributed by atoms with Gasteiger partial charge in [-0.1, -0.05) is 0 Å². The smallest absolute Gasteiger partial charge is 0.243 e. The van der Waals surface area contributed by atoms with Crippen molar-refractivity contribution in [2.45, 2.75) is 30.2 Å². The normalized spacial score (nSPS) is 30.1. The molecule has 9 heteroatoms. The van der Waals surface area contributed by atoms with Crippen molar-refractivity contribution in [1.82, 2.24) is 9.21 Å². The molecular formula is C19H28ClN3O4S. The lowest BCUT2D eigenvalue weighted by Crippen LogP contribution is -2.54. The molecular weight excluding hydrogens is 402 g/mol. The van der Waals surface area contributed by atoms with Crippen LogP contribution in [0.15, 0.2) is 29.2 Å². The SMILES string of the molecule is COc1ccc(S(=O)(=O)N2CCN(C(=O)C3C4CCC(C4)C3N)CC2)cc1.Cl. The van der Waals surface area contributed by atoms with Gasteiger partial charge in [0.05, 0.1) is 17.9 Å². The topological polar surface area (TPSA) is 92.9 Å². The van der Waals surface area contributed by atoms with Crippen LogP contribution in [0.25, 0.3) is 0 Å². The average molecular weight is 430 g/mol. The van der Waals surface area contributed by atoms with Crippen LogP contribution in [0, 0.1) is 17.8 Å². The van der Waals surface area contributed by atoms with Crippen molar-refractivity contribution in [3.8, 4) is 5.75 Å². The summed E-state index contributed by atoms with van der Waals surface area (Å²) in [6.07, 6.45) is 3.31. The lowest BCUT2D eigenvalue weighted by atomic mass is 9.84. The Morgan fingerprint density at radius 1 is 1.07 bits per heavy atom. The van der Waals surface area contributed by atoms with Gasteiger partial charge >= 0.3 is 0 Å². The Bertz CT molecular complexity index is 807. The number of ether oxygens (including phenoxy) is 1. The van der Waals surface area contributed by atoms with E-state index in [9.17, 15) is 13.2 Å². The predicted octanol–water partition coefficient (Wildman–Crippen LogP) is 1.32. The summed E-state index contributed by atoms with van der Waals surface area (Å²) in [6, 6.07) is 6.36. The number of rotatable bonds is 4. The number of hydrogen-bond acceptors (Lipinski definition) is 5. The summed E-state index contributed by atoms with van der Waals surface area (Å²) in [4.78, 5) is 15.0. The number of methoxy groups -OCH3 is 1. The van der Waals surface area contributed by atoms with Gasteiger partial charge in [0.25, 0.3) is 0 Å². The average Bonchev–Trinajstić information content (AvgIpc) is 3.29. The third-order valence-corrected chi connectivity index (χ3v) is 8.43. The number of benzene rings is 1. The van der Waals surface area contributed by atoms with Gasteiger partial charge in [0.1, 0.15) is 5.75 Å². The van der Waals surface area contributed by atoms with Gasteiger partial charge < -0.3 is 15.4 Å². The molecule has 3 aliphatic rings. The summed E-state index contributed by atoms with van der Waals surface area (Å²) in [5, 5.41) is 0. The van der Waals surface area contributed by atoms with Gasteiger partial charge in [-0.25, -0.2) is 8.42 Å². The standard InChI is InChI=1S/C19H27N3O4S.ClH/c1-26-15-4-6-16(7-5-15)27(24,25)22-10-8-21(9-11-22)19(23)17-13-2-3-14(12-13)18(17)20;/h4-7,13-14,17-18H,2-3,8-12,20H2,1H3;1H. The number of sulfonamides is 1. The predicted molar refractivity (Wildman–Crippen MR) is 108 cm³/mol. The molecule has 2 bridgehead atoms. The second kappa shape index (κ2) is 8.18. The van der Waals surface area contributed by atoms with Crippen LogP contribution in [0.5, 0.6) is 5.75 Å². The van der Waals surface area contributed by atoms with Crippen LogP contribution in [-0.4, -0.2) is 62.9 Å². The van der Waals surface area contributed by atoms with Crippen LogP contribution >= 0.6 is 12.4 Å². The highest BCUT2D eigenvalue weighted by Crippen LogP contribution is 2.48. The van der Waals surface area contributed by atoms with Crippen LogP contribution in [0.1, 0.15) is 19.3 Å². The molecule has 2 saturated carbocycles. The Hall–Kier alpha value is -1.35. The first-order chi connectivity index (χ1) is 12.9. The lowest BCUT2D eigenvalue weighted by Gasteiger charge is -2.38. The first kappa shape index (κ1) is 21.4. The molecule has 0 aromatic heterocycles. The van der Waals surface area contributed by atoms with E-state index < -0.39 is 10.0 Å². The van der Waals surface area contributed by atoms with E-state index in [4.69, 9.17) is 10.5 Å². The van der Waals surface area contributed by atoms with E-state index in [1.54, 1.807) is 31.4 Å². The molecule has 2 aliphatic carbocycles. The monoisotopic (exact) mass is 429 g/mol. The first-order valence-electron chi connectivity index (χ1n) is 9.60. The van der Waals surface area contributed by atoms with E-state index >= 15 is 0 Å². The number of carbonyl (C=O) groups excluding carboxylic acids is 1. The second-order valence-corrected chi connectivity index (χ2v) is 9.78. The van der Waals surface area contributed by atoms with Crippen LogP contribution in [0.3, 0.4) is 0 Å². The van der Waals surface area contributed by atoms with Gasteiger partial charge in [0.15, 0.2) is 0 Å². The highest BCUT2D eigenvalue weighted by molar-refractivity contribution is 7.89. The number of piperazine rings is 1. The van der Waals surface area contributed by atoms with Gasteiger partial charge in [-0.3, -0.25) is 4.79 Å². The summed E-state index contributed by atoms with van der Waals surface area (Å²) in [7, 11) is -2.02. The molecule has 0 spiro atoms. The number of halogens is 1. The number of carbonyl (C=O) groups is 1. The molecule has 1 saturated heterocycles. The van der Waals surface area contributed by atoms with Crippen molar-refractivity contribution < 1.29 is 17.9 Å². The molecule has 4 atom stereocenters. The Labute approximate surface area is 172 Å². The number of nitrogens with zero attached hydrogens (tertiary/aromatic N) is 2. The summed E-state index contributed by atoms with van der Waals surface area (Å²) in [6.45, 7) is 1.48. The molecule has 1 aromatic carbocycles. The van der Waals surface area contributed by atoms with Crippen LogP contribution in [0.2, 0.25) is 0 Å². The fraction of sp³-hybridized carbons (Fsp3) is 0.632. The molecule has 1 amide bonds. The van der Waals surface area contributed by atoms with Gasteiger partial charge in [-0.15, -0.1) is 12.4 Å². The zero-order valence-electron chi connectivity index (χ0n) is 16.0. The van der Waals surface area contributed by atoms with Crippen molar-refractivity contribution >= 4 is 28.3 Å². The molecule has 1 heterocycles. The van der Waals surface area contributed by atoms with Gasteiger partial charge in [0, 0.05) is 32.2 Å². The minimum absolute atomic E-state index is 0. The summed E-state index contributed by atoms with van der Waals surface area (Å²) in [5.41, 5.74) is 6.30. The minimum atomic E-state index is -3.56. The molecule has 7 nitrogen and oxygen atoms in total. The van der Waals surface area contributed by atoms with Gasteiger partial charge in [-0.05, 0) is 55.4 Å². The maximum atomic E-state index is 13.0. The molecule has 28 heavy (non-hydrogen) atoms. The molecule has 0 radical (unpaired) electrons. The molecule has 156 valence electrons. The Morgan fingerprint density at radius 3 is 2.21 bits per heavy atom. The van der Waals surface area contributed by atoms with Crippen LogP contribution in [0.4, 0.5) is 0 Å². The summed E-state index contributed by atoms with van der Waals surface area (Å²) in [5.74, 6) is 1.57. The number of hydrogen-bond donors (Lipinski definition) is 1. The molecule has 2 N–H and O–H groups in total. The van der Waals surface area contributed by atoms with Crippen molar-refractivity contribution in [3.63, 3.8) is 0 Å². The van der Waals surface area contributed by atoms with Crippen molar-refractivity contribution in [2.75, 3.05) is 33.3 Å². The van der Waals surface area contributed by atoms with E-state index in [0.29, 0.717) is 43.8 Å². The number of nitrogens with two attached hydrogens (primary N) is 1. The van der Waals surface area contributed by atoms with E-state index in [-0.39, 0.29) is 35.2 Å². The highest BCUT2D eigenvalue weighted by atomic mass is 35.5. The maximum absolute atomic E-state index is 13.0. The quantitative estimate of drug-likeness (QED) is 0.779. The minimum Gasteiger partial charge on any atom is -0.497 e. The Balaban J connectivity index is 0.00000225. The Morgan fingerprint density at radius 2 is 1.68 bits per heavy atom. The second-order valence-electron chi connectivity index (χ2n) is 7.84. The summed E-state index contributed by atoms with van der Waals surface area (Å²) < 4.78 is 32.2. The number of fused-ring (bicyclic) bond motifs is 2. The summed E-state index contributed by atoms with van der Waals surface area (Å²) >= 11 is 0. The highest BCUT2D eigenvalue weighted by Gasteiger charge is 2.50. The Kier molecular flexibility index (Phi) is 6.24. The van der Waals surface area contributed by atoms with E-state index in [1.165, 1.54) is 4.31 Å². The maximum Gasteiger partial charge on any atom is 0.243 e. The number of amides is 1. The van der Waals surface area contributed by atoms with Gasteiger partial charge in [0.2, 0.25) is 15.9 Å². The van der Waals surface area contributed by atoms with Crippen molar-refractivity contribution in [2.24, 2.45) is 23.5 Å². The molecule has 4 unspecified atom stereocenters. The zero-order valence-corrected chi connectivity index (χ0v) is 17.6. The van der Waals surface area contributed by atoms with E-state index in [1.807, 2.05) is 4.90 Å². The molecule has 1 aliphatic heterocycles. The zero-order chi connectivity index (χ0) is 19.2. The van der Waals surface area contributed by atoms with Crippen molar-refractivity contribution in [3.05, 3.63) is 24.3 Å². The molecule has 4 rings (SSSR count). The largest absolute Gasteiger partial charge is 0.497 e. The first-order valence-corrected chi connectivity index (χ1v) is 11.0. The molecule has 3 fully saturated rings. The lowest BCUT2D eigenvalue weighted by molar-refractivity contribution is -0.139. The van der Waals surface area contributed by atoms with Gasteiger partial charge in [-0.2, -0.15) is 4.31 Å². The van der Waals surface area contributed by atoms with Crippen LogP contribution < -0.4 is 10.5 Å². The van der Waals surface area contributed by atoms with Crippen molar-refractivity contribution in [1.29, 1.82) is 0 Å². The molecule has 1 aromatic rings.